The first kappa shape index (κ1) is 18.7. The predicted octanol–water partition coefficient (Wildman–Crippen LogP) is 1.45. The SMILES string of the molecule is COCCOc1cccc(NC(=O)[C@H]2NCCO[C@@H]2C)c1.Cl. The molecule has 1 aliphatic rings. The van der Waals surface area contributed by atoms with Gasteiger partial charge in [0.2, 0.25) is 5.91 Å². The number of carbonyl (C=O) groups excluding carboxylic acids is 1. The number of benzene rings is 1. The van der Waals surface area contributed by atoms with E-state index in [1.165, 1.54) is 0 Å². The van der Waals surface area contributed by atoms with E-state index >= 15 is 0 Å². The average Bonchev–Trinajstić information content (AvgIpc) is 2.48. The number of rotatable bonds is 6. The first-order valence-electron chi connectivity index (χ1n) is 7.08. The molecule has 1 aromatic carbocycles. The molecule has 2 rings (SSSR count). The highest BCUT2D eigenvalue weighted by atomic mass is 35.5. The minimum absolute atomic E-state index is 0. The van der Waals surface area contributed by atoms with Crippen LogP contribution in [0.3, 0.4) is 0 Å². The van der Waals surface area contributed by atoms with Gasteiger partial charge in [-0.3, -0.25) is 4.79 Å². The number of halogens is 1. The predicted molar refractivity (Wildman–Crippen MR) is 86.9 cm³/mol. The van der Waals surface area contributed by atoms with Crippen molar-refractivity contribution in [1.29, 1.82) is 0 Å². The highest BCUT2D eigenvalue weighted by Crippen LogP contribution is 2.18. The summed E-state index contributed by atoms with van der Waals surface area (Å²) in [5, 5.41) is 6.04. The Bertz CT molecular complexity index is 473. The normalized spacial score (nSPS) is 20.8. The number of methoxy groups -OCH3 is 1. The Balaban J connectivity index is 0.00000242. The van der Waals surface area contributed by atoms with Crippen LogP contribution in [0, 0.1) is 0 Å². The summed E-state index contributed by atoms with van der Waals surface area (Å²) in [5.41, 5.74) is 0.703. The lowest BCUT2D eigenvalue weighted by Crippen LogP contribution is -2.53. The highest BCUT2D eigenvalue weighted by Gasteiger charge is 2.28. The maximum absolute atomic E-state index is 12.2. The summed E-state index contributed by atoms with van der Waals surface area (Å²) in [6.07, 6.45) is -0.139. The van der Waals surface area contributed by atoms with Gasteiger partial charge in [0.25, 0.3) is 0 Å². The number of hydrogen-bond acceptors (Lipinski definition) is 5. The monoisotopic (exact) mass is 330 g/mol. The summed E-state index contributed by atoms with van der Waals surface area (Å²) in [5.74, 6) is 0.599. The van der Waals surface area contributed by atoms with Crippen LogP contribution in [0.5, 0.6) is 5.75 Å². The first-order valence-corrected chi connectivity index (χ1v) is 7.08. The number of hydrogen-bond donors (Lipinski definition) is 2. The van der Waals surface area contributed by atoms with Gasteiger partial charge < -0.3 is 24.8 Å². The molecule has 0 saturated carbocycles. The van der Waals surface area contributed by atoms with Gasteiger partial charge in [-0.15, -0.1) is 12.4 Å². The van der Waals surface area contributed by atoms with Crippen molar-refractivity contribution in [3.63, 3.8) is 0 Å². The number of carbonyl (C=O) groups is 1. The molecule has 124 valence electrons. The van der Waals surface area contributed by atoms with E-state index in [1.54, 1.807) is 13.2 Å². The Hall–Kier alpha value is -1.34. The fourth-order valence-electron chi connectivity index (χ4n) is 2.15. The largest absolute Gasteiger partial charge is 0.491 e. The fraction of sp³-hybridized carbons (Fsp3) is 0.533. The highest BCUT2D eigenvalue weighted by molar-refractivity contribution is 5.95. The van der Waals surface area contributed by atoms with Crippen LogP contribution < -0.4 is 15.4 Å². The molecule has 0 radical (unpaired) electrons. The molecule has 1 aromatic rings. The Morgan fingerprint density at radius 2 is 2.27 bits per heavy atom. The van der Waals surface area contributed by atoms with Crippen LogP contribution in [-0.4, -0.2) is 51.5 Å². The van der Waals surface area contributed by atoms with Crippen LogP contribution in [0.15, 0.2) is 24.3 Å². The number of nitrogens with one attached hydrogen (secondary N) is 2. The van der Waals surface area contributed by atoms with Gasteiger partial charge in [-0.25, -0.2) is 0 Å². The van der Waals surface area contributed by atoms with Gasteiger partial charge >= 0.3 is 0 Å². The van der Waals surface area contributed by atoms with Crippen molar-refractivity contribution in [3.8, 4) is 5.75 Å². The Morgan fingerprint density at radius 3 is 3.00 bits per heavy atom. The number of morpholine rings is 1. The maximum atomic E-state index is 12.2. The summed E-state index contributed by atoms with van der Waals surface area (Å²) in [4.78, 5) is 12.2. The third-order valence-corrected chi connectivity index (χ3v) is 3.26. The second-order valence-electron chi connectivity index (χ2n) is 4.87. The lowest BCUT2D eigenvalue weighted by molar-refractivity contribution is -0.123. The molecular formula is C15H23ClN2O4. The number of amides is 1. The van der Waals surface area contributed by atoms with E-state index in [9.17, 15) is 4.79 Å². The van der Waals surface area contributed by atoms with E-state index in [0.717, 1.165) is 0 Å². The van der Waals surface area contributed by atoms with Crippen molar-refractivity contribution < 1.29 is 19.0 Å². The fourth-order valence-corrected chi connectivity index (χ4v) is 2.15. The summed E-state index contributed by atoms with van der Waals surface area (Å²) < 4.78 is 15.9. The Morgan fingerprint density at radius 1 is 1.45 bits per heavy atom. The van der Waals surface area contributed by atoms with Gasteiger partial charge in [-0.2, -0.15) is 0 Å². The first-order chi connectivity index (χ1) is 10.2. The zero-order valence-corrected chi connectivity index (χ0v) is 13.7. The molecule has 1 amide bonds. The molecule has 2 atom stereocenters. The van der Waals surface area contributed by atoms with Crippen molar-refractivity contribution in [1.82, 2.24) is 5.32 Å². The minimum atomic E-state index is -0.336. The summed E-state index contributed by atoms with van der Waals surface area (Å²) in [7, 11) is 1.63. The van der Waals surface area contributed by atoms with E-state index < -0.39 is 0 Å². The van der Waals surface area contributed by atoms with Crippen LogP contribution >= 0.6 is 12.4 Å². The Labute approximate surface area is 136 Å². The molecule has 22 heavy (non-hydrogen) atoms. The Kier molecular flexibility index (Phi) is 8.19. The smallest absolute Gasteiger partial charge is 0.244 e. The molecule has 0 aromatic heterocycles. The molecule has 1 fully saturated rings. The van der Waals surface area contributed by atoms with Crippen molar-refractivity contribution >= 4 is 24.0 Å². The van der Waals surface area contributed by atoms with E-state index in [2.05, 4.69) is 10.6 Å². The molecule has 0 bridgehead atoms. The zero-order valence-electron chi connectivity index (χ0n) is 12.8. The molecule has 0 spiro atoms. The lowest BCUT2D eigenvalue weighted by atomic mass is 10.1. The van der Waals surface area contributed by atoms with Crippen LogP contribution in [0.1, 0.15) is 6.92 Å². The van der Waals surface area contributed by atoms with Gasteiger partial charge in [0.15, 0.2) is 0 Å². The molecule has 7 heteroatoms. The molecular weight excluding hydrogens is 308 g/mol. The van der Waals surface area contributed by atoms with E-state index in [0.29, 0.717) is 37.8 Å². The van der Waals surface area contributed by atoms with Crippen LogP contribution in [-0.2, 0) is 14.3 Å². The molecule has 6 nitrogen and oxygen atoms in total. The minimum Gasteiger partial charge on any atom is -0.491 e. The van der Waals surface area contributed by atoms with Crippen LogP contribution in [0.25, 0.3) is 0 Å². The zero-order chi connectivity index (χ0) is 15.1. The molecule has 1 aliphatic heterocycles. The van der Waals surface area contributed by atoms with Crippen molar-refractivity contribution in [2.24, 2.45) is 0 Å². The number of ether oxygens (including phenoxy) is 3. The molecule has 0 unspecified atom stereocenters. The third-order valence-electron chi connectivity index (χ3n) is 3.26. The second-order valence-corrected chi connectivity index (χ2v) is 4.87. The third kappa shape index (κ3) is 5.46. The quantitative estimate of drug-likeness (QED) is 0.773. The summed E-state index contributed by atoms with van der Waals surface area (Å²) in [6, 6.07) is 6.97. The molecule has 0 aliphatic carbocycles. The molecule has 1 heterocycles. The lowest BCUT2D eigenvalue weighted by Gasteiger charge is -2.29. The topological polar surface area (TPSA) is 68.8 Å². The van der Waals surface area contributed by atoms with Crippen LogP contribution in [0.4, 0.5) is 5.69 Å². The second kappa shape index (κ2) is 9.63. The average molecular weight is 331 g/mol. The van der Waals surface area contributed by atoms with Crippen molar-refractivity contribution in [2.45, 2.75) is 19.1 Å². The van der Waals surface area contributed by atoms with E-state index in [-0.39, 0.29) is 30.5 Å². The van der Waals surface area contributed by atoms with E-state index in [4.69, 9.17) is 14.2 Å². The molecule has 2 N–H and O–H groups in total. The van der Waals surface area contributed by atoms with Gasteiger partial charge in [0, 0.05) is 25.4 Å². The van der Waals surface area contributed by atoms with E-state index in [1.807, 2.05) is 25.1 Å². The molecule has 1 saturated heterocycles. The van der Waals surface area contributed by atoms with Crippen molar-refractivity contribution in [3.05, 3.63) is 24.3 Å². The summed E-state index contributed by atoms with van der Waals surface area (Å²) >= 11 is 0. The van der Waals surface area contributed by atoms with Crippen LogP contribution in [0.2, 0.25) is 0 Å². The van der Waals surface area contributed by atoms with Gasteiger partial charge in [0.05, 0.1) is 19.3 Å². The standard InChI is InChI=1S/C15H22N2O4.ClH/c1-11-14(16-6-7-20-11)15(18)17-12-4-3-5-13(10-12)21-9-8-19-2;/h3-5,10-11,14,16H,6-9H2,1-2H3,(H,17,18);1H/t11-,14+;/m1./s1. The van der Waals surface area contributed by atoms with Gasteiger partial charge in [-0.05, 0) is 19.1 Å². The van der Waals surface area contributed by atoms with Crippen molar-refractivity contribution in [2.75, 3.05) is 38.8 Å². The van der Waals surface area contributed by atoms with Gasteiger partial charge in [0.1, 0.15) is 18.4 Å². The summed E-state index contributed by atoms with van der Waals surface area (Å²) in [6.45, 7) is 4.21. The maximum Gasteiger partial charge on any atom is 0.244 e. The van der Waals surface area contributed by atoms with Gasteiger partial charge in [-0.1, -0.05) is 6.07 Å². The number of anilines is 1.